The molecule has 9 heteroatoms. The number of fused-ring (bicyclic) bond motifs is 1. The SMILES string of the molecule is Cc1nc2c(N3CCCCC3)cccc2n1S(=O)(=O)c1cccc(C(F)(F)F)c1. The fraction of sp³-hybridized carbons (Fsp3) is 0.350. The zero-order valence-electron chi connectivity index (χ0n) is 15.8. The molecule has 3 aromatic rings. The number of aromatic nitrogens is 2. The van der Waals surface area contributed by atoms with Crippen LogP contribution < -0.4 is 4.90 Å². The monoisotopic (exact) mass is 423 g/mol. The van der Waals surface area contributed by atoms with Crippen LogP contribution in [0.2, 0.25) is 0 Å². The summed E-state index contributed by atoms with van der Waals surface area (Å²) in [5.74, 6) is 0.210. The number of anilines is 1. The second-order valence-electron chi connectivity index (χ2n) is 7.15. The van der Waals surface area contributed by atoms with Crippen LogP contribution in [0.4, 0.5) is 18.9 Å². The highest BCUT2D eigenvalue weighted by Crippen LogP contribution is 2.34. The molecule has 29 heavy (non-hydrogen) atoms. The smallest absolute Gasteiger partial charge is 0.370 e. The standard InChI is InChI=1S/C20H20F3N3O2S/c1-14-24-19-17(25-11-3-2-4-12-25)9-6-10-18(19)26(14)29(27,28)16-8-5-7-15(13-16)20(21,22)23/h5-10,13H,2-4,11-12H2,1H3. The largest absolute Gasteiger partial charge is 0.416 e. The molecule has 0 N–H and O–H groups in total. The van der Waals surface area contributed by atoms with Crippen LogP contribution in [0.3, 0.4) is 0 Å². The minimum atomic E-state index is -4.63. The summed E-state index contributed by atoms with van der Waals surface area (Å²) in [5, 5.41) is 0. The Morgan fingerprint density at radius 2 is 1.69 bits per heavy atom. The Hall–Kier alpha value is -2.55. The van der Waals surface area contributed by atoms with Gasteiger partial charge in [0.25, 0.3) is 10.0 Å². The lowest BCUT2D eigenvalue weighted by Crippen LogP contribution is -2.29. The van der Waals surface area contributed by atoms with Gasteiger partial charge < -0.3 is 4.90 Å². The van der Waals surface area contributed by atoms with Crippen LogP contribution in [0.15, 0.2) is 47.4 Å². The van der Waals surface area contributed by atoms with Crippen LogP contribution in [0, 0.1) is 6.92 Å². The van der Waals surface area contributed by atoms with Crippen molar-refractivity contribution in [3.8, 4) is 0 Å². The minimum absolute atomic E-state index is 0.210. The van der Waals surface area contributed by atoms with Crippen molar-refractivity contribution in [1.82, 2.24) is 8.96 Å². The average molecular weight is 423 g/mol. The molecule has 5 nitrogen and oxygen atoms in total. The van der Waals surface area contributed by atoms with E-state index < -0.39 is 26.7 Å². The van der Waals surface area contributed by atoms with Crippen molar-refractivity contribution >= 4 is 26.7 Å². The van der Waals surface area contributed by atoms with Crippen molar-refractivity contribution in [1.29, 1.82) is 0 Å². The Balaban J connectivity index is 1.87. The van der Waals surface area contributed by atoms with Gasteiger partial charge in [0.1, 0.15) is 11.3 Å². The van der Waals surface area contributed by atoms with Gasteiger partial charge in [-0.1, -0.05) is 12.1 Å². The summed E-state index contributed by atoms with van der Waals surface area (Å²) in [6.07, 6.45) is -1.36. The number of halogens is 3. The van der Waals surface area contributed by atoms with Crippen molar-refractivity contribution in [2.45, 2.75) is 37.3 Å². The van der Waals surface area contributed by atoms with Gasteiger partial charge >= 0.3 is 6.18 Å². The first kappa shape index (κ1) is 19.8. The van der Waals surface area contributed by atoms with E-state index in [2.05, 4.69) is 9.88 Å². The van der Waals surface area contributed by atoms with Crippen molar-refractivity contribution in [3.63, 3.8) is 0 Å². The van der Waals surface area contributed by atoms with Crippen LogP contribution in [0.25, 0.3) is 11.0 Å². The van der Waals surface area contributed by atoms with Gasteiger partial charge in [0, 0.05) is 13.1 Å². The second kappa shape index (κ2) is 7.05. The molecule has 1 saturated heterocycles. The van der Waals surface area contributed by atoms with Gasteiger partial charge in [-0.05, 0) is 56.5 Å². The third kappa shape index (κ3) is 3.48. The molecule has 0 aliphatic carbocycles. The minimum Gasteiger partial charge on any atom is -0.370 e. The van der Waals surface area contributed by atoms with Crippen LogP contribution >= 0.6 is 0 Å². The molecule has 0 atom stereocenters. The Kier molecular flexibility index (Phi) is 4.80. The lowest BCUT2D eigenvalue weighted by Gasteiger charge is -2.28. The third-order valence-electron chi connectivity index (χ3n) is 5.18. The van der Waals surface area contributed by atoms with Crippen LogP contribution in [0.1, 0.15) is 30.7 Å². The fourth-order valence-electron chi connectivity index (χ4n) is 3.81. The second-order valence-corrected chi connectivity index (χ2v) is 8.93. The Morgan fingerprint density at radius 3 is 2.38 bits per heavy atom. The van der Waals surface area contributed by atoms with Gasteiger partial charge in [0.05, 0.1) is 21.7 Å². The predicted octanol–water partition coefficient (Wildman–Crippen LogP) is 4.59. The van der Waals surface area contributed by atoms with E-state index in [4.69, 9.17) is 0 Å². The molecule has 0 spiro atoms. The molecular weight excluding hydrogens is 403 g/mol. The number of rotatable bonds is 3. The number of benzene rings is 2. The molecule has 4 rings (SSSR count). The summed E-state index contributed by atoms with van der Waals surface area (Å²) < 4.78 is 66.7. The topological polar surface area (TPSA) is 55.2 Å². The van der Waals surface area contributed by atoms with E-state index in [0.29, 0.717) is 17.1 Å². The van der Waals surface area contributed by atoms with E-state index in [0.717, 1.165) is 54.1 Å². The molecule has 0 saturated carbocycles. The van der Waals surface area contributed by atoms with Crippen molar-refractivity contribution in [3.05, 3.63) is 53.9 Å². The summed E-state index contributed by atoms with van der Waals surface area (Å²) in [6.45, 7) is 3.28. The Morgan fingerprint density at radius 1 is 1.00 bits per heavy atom. The molecule has 1 aromatic heterocycles. The van der Waals surface area contributed by atoms with E-state index in [-0.39, 0.29) is 5.82 Å². The maximum absolute atomic E-state index is 13.2. The highest BCUT2D eigenvalue weighted by Gasteiger charge is 2.33. The summed E-state index contributed by atoms with van der Waals surface area (Å²) >= 11 is 0. The van der Waals surface area contributed by atoms with Crippen LogP contribution in [0.5, 0.6) is 0 Å². The molecule has 154 valence electrons. The summed E-state index contributed by atoms with van der Waals surface area (Å²) in [5.41, 5.74) is 0.753. The fourth-order valence-corrected chi connectivity index (χ4v) is 5.34. The lowest BCUT2D eigenvalue weighted by molar-refractivity contribution is -0.137. The molecule has 2 heterocycles. The number of hydrogen-bond donors (Lipinski definition) is 0. The summed E-state index contributed by atoms with van der Waals surface area (Å²) in [6, 6.07) is 9.08. The first-order valence-corrected chi connectivity index (χ1v) is 10.8. The number of nitrogens with zero attached hydrogens (tertiary/aromatic N) is 3. The highest BCUT2D eigenvalue weighted by atomic mass is 32.2. The van der Waals surface area contributed by atoms with E-state index in [1.807, 2.05) is 6.07 Å². The van der Waals surface area contributed by atoms with E-state index in [9.17, 15) is 21.6 Å². The lowest BCUT2D eigenvalue weighted by atomic mass is 10.1. The van der Waals surface area contributed by atoms with Crippen LogP contribution in [-0.4, -0.2) is 30.5 Å². The quantitative estimate of drug-likeness (QED) is 0.618. The summed E-state index contributed by atoms with van der Waals surface area (Å²) in [7, 11) is -4.25. The van der Waals surface area contributed by atoms with Gasteiger partial charge in [-0.3, -0.25) is 0 Å². The van der Waals surface area contributed by atoms with Gasteiger partial charge in [-0.15, -0.1) is 0 Å². The van der Waals surface area contributed by atoms with Crippen LogP contribution in [-0.2, 0) is 16.2 Å². The first-order valence-electron chi connectivity index (χ1n) is 9.35. The van der Waals surface area contributed by atoms with Crippen molar-refractivity contribution in [2.24, 2.45) is 0 Å². The van der Waals surface area contributed by atoms with Gasteiger partial charge in [-0.25, -0.2) is 17.4 Å². The van der Waals surface area contributed by atoms with E-state index in [1.165, 1.54) is 6.07 Å². The number of aryl methyl sites for hydroxylation is 1. The predicted molar refractivity (Wildman–Crippen MR) is 105 cm³/mol. The molecular formula is C20H20F3N3O2S. The molecule has 1 aliphatic rings. The number of alkyl halides is 3. The Bertz CT molecular complexity index is 1160. The first-order chi connectivity index (χ1) is 13.7. The normalized spacial score (nSPS) is 15.8. The zero-order valence-corrected chi connectivity index (χ0v) is 16.6. The maximum Gasteiger partial charge on any atom is 0.416 e. The molecule has 0 radical (unpaired) electrons. The highest BCUT2D eigenvalue weighted by molar-refractivity contribution is 7.90. The van der Waals surface area contributed by atoms with Gasteiger partial charge in [0.2, 0.25) is 0 Å². The number of hydrogen-bond acceptors (Lipinski definition) is 4. The molecule has 1 aliphatic heterocycles. The van der Waals surface area contributed by atoms with E-state index in [1.54, 1.807) is 19.1 Å². The maximum atomic E-state index is 13.2. The molecule has 0 unspecified atom stereocenters. The van der Waals surface area contributed by atoms with E-state index >= 15 is 0 Å². The van der Waals surface area contributed by atoms with Gasteiger partial charge in [-0.2, -0.15) is 13.2 Å². The van der Waals surface area contributed by atoms with Crippen molar-refractivity contribution < 1.29 is 21.6 Å². The molecule has 2 aromatic carbocycles. The number of piperidine rings is 1. The number of para-hydroxylation sites is 1. The average Bonchev–Trinajstić information content (AvgIpc) is 3.04. The number of imidazole rings is 1. The van der Waals surface area contributed by atoms with Gasteiger partial charge in [0.15, 0.2) is 0 Å². The zero-order chi connectivity index (χ0) is 20.8. The Labute approximate surface area is 166 Å². The molecule has 0 bridgehead atoms. The molecule has 1 fully saturated rings. The molecule has 0 amide bonds. The van der Waals surface area contributed by atoms with Crippen molar-refractivity contribution in [2.75, 3.05) is 18.0 Å². The summed E-state index contributed by atoms with van der Waals surface area (Å²) in [4.78, 5) is 6.23. The third-order valence-corrected chi connectivity index (χ3v) is 6.97.